The summed E-state index contributed by atoms with van der Waals surface area (Å²) < 4.78 is 1.76. The van der Waals surface area contributed by atoms with Gasteiger partial charge in [0.15, 0.2) is 5.96 Å². The number of nitrogens with zero attached hydrogens (tertiary/aromatic N) is 5. The van der Waals surface area contributed by atoms with Gasteiger partial charge in [0, 0.05) is 26.7 Å². The van der Waals surface area contributed by atoms with Crippen molar-refractivity contribution in [2.24, 2.45) is 18.0 Å². The highest BCUT2D eigenvalue weighted by Gasteiger charge is 2.13. The number of aryl methyl sites for hydroxylation is 1. The van der Waals surface area contributed by atoms with Gasteiger partial charge < -0.3 is 15.5 Å². The molecule has 2 rings (SSSR count). The normalized spacial score (nSPS) is 18.0. The summed E-state index contributed by atoms with van der Waals surface area (Å²) in [4.78, 5) is 11.4. The van der Waals surface area contributed by atoms with E-state index < -0.39 is 0 Å². The van der Waals surface area contributed by atoms with Crippen LogP contribution in [0, 0.1) is 5.92 Å². The second-order valence-corrected chi connectivity index (χ2v) is 6.34. The van der Waals surface area contributed by atoms with Crippen LogP contribution in [0.25, 0.3) is 0 Å². The van der Waals surface area contributed by atoms with Gasteiger partial charge in [0.1, 0.15) is 18.7 Å². The number of aromatic nitrogens is 3. The van der Waals surface area contributed by atoms with Crippen LogP contribution in [0.3, 0.4) is 0 Å². The lowest BCUT2D eigenvalue weighted by atomic mass is 10.1. The summed E-state index contributed by atoms with van der Waals surface area (Å²) >= 11 is 0. The maximum atomic E-state index is 4.59. The van der Waals surface area contributed by atoms with Crippen molar-refractivity contribution < 1.29 is 0 Å². The molecule has 1 aromatic rings. The van der Waals surface area contributed by atoms with E-state index in [-0.39, 0.29) is 0 Å². The Morgan fingerprint density at radius 3 is 2.74 bits per heavy atom. The molecule has 1 saturated heterocycles. The molecule has 0 amide bonds. The predicted octanol–water partition coefficient (Wildman–Crippen LogP) is 0.992. The average Bonchev–Trinajstić information content (AvgIpc) is 2.96. The van der Waals surface area contributed by atoms with E-state index in [0.717, 1.165) is 31.4 Å². The molecule has 1 aromatic heterocycles. The van der Waals surface area contributed by atoms with Gasteiger partial charge in [-0.2, -0.15) is 5.10 Å². The second kappa shape index (κ2) is 9.50. The van der Waals surface area contributed by atoms with Crippen molar-refractivity contribution in [3.8, 4) is 0 Å². The van der Waals surface area contributed by atoms with Gasteiger partial charge in [-0.25, -0.2) is 9.98 Å². The molecule has 0 aliphatic carbocycles. The van der Waals surface area contributed by atoms with Gasteiger partial charge in [0.05, 0.1) is 0 Å². The molecule has 0 aromatic carbocycles. The largest absolute Gasteiger partial charge is 0.357 e. The van der Waals surface area contributed by atoms with Crippen molar-refractivity contribution in [1.29, 1.82) is 0 Å². The van der Waals surface area contributed by atoms with E-state index in [4.69, 9.17) is 0 Å². The Morgan fingerprint density at radius 2 is 2.09 bits per heavy atom. The van der Waals surface area contributed by atoms with Gasteiger partial charge in [0.2, 0.25) is 0 Å². The average molecular weight is 321 g/mol. The van der Waals surface area contributed by atoms with Crippen LogP contribution in [0.2, 0.25) is 0 Å². The van der Waals surface area contributed by atoms with E-state index >= 15 is 0 Å². The SMILES string of the molecule is CCNC(=NCc1ncnn1C)NCC(C)CN1CCCCC1. The lowest BCUT2D eigenvalue weighted by Crippen LogP contribution is -2.42. The molecule has 1 atom stereocenters. The van der Waals surface area contributed by atoms with Crippen LogP contribution in [-0.2, 0) is 13.6 Å². The van der Waals surface area contributed by atoms with Crippen LogP contribution in [0.5, 0.6) is 0 Å². The molecule has 1 aliphatic heterocycles. The van der Waals surface area contributed by atoms with E-state index in [1.165, 1.54) is 32.4 Å². The molecule has 1 unspecified atom stereocenters. The Bertz CT molecular complexity index is 477. The second-order valence-electron chi connectivity index (χ2n) is 6.34. The van der Waals surface area contributed by atoms with Crippen molar-refractivity contribution >= 4 is 5.96 Å². The van der Waals surface area contributed by atoms with E-state index in [0.29, 0.717) is 12.5 Å². The third kappa shape index (κ3) is 6.17. The first-order chi connectivity index (χ1) is 11.2. The number of likely N-dealkylation sites (tertiary alicyclic amines) is 1. The monoisotopic (exact) mass is 321 g/mol. The number of piperidine rings is 1. The molecule has 23 heavy (non-hydrogen) atoms. The number of hydrogen-bond donors (Lipinski definition) is 2. The molecule has 130 valence electrons. The van der Waals surface area contributed by atoms with Crippen LogP contribution in [-0.4, -0.2) is 58.3 Å². The Kier molecular flexibility index (Phi) is 7.32. The first kappa shape index (κ1) is 17.7. The lowest BCUT2D eigenvalue weighted by Gasteiger charge is -2.29. The first-order valence-corrected chi connectivity index (χ1v) is 8.76. The lowest BCUT2D eigenvalue weighted by molar-refractivity contribution is 0.201. The van der Waals surface area contributed by atoms with Crippen LogP contribution < -0.4 is 10.6 Å². The molecule has 7 nitrogen and oxygen atoms in total. The van der Waals surface area contributed by atoms with Gasteiger partial charge in [0.25, 0.3) is 0 Å². The van der Waals surface area contributed by atoms with Crippen LogP contribution in [0.15, 0.2) is 11.3 Å². The van der Waals surface area contributed by atoms with Crippen LogP contribution in [0.1, 0.15) is 38.9 Å². The maximum absolute atomic E-state index is 4.59. The van der Waals surface area contributed by atoms with Crippen molar-refractivity contribution in [3.63, 3.8) is 0 Å². The fraction of sp³-hybridized carbons (Fsp3) is 0.812. The van der Waals surface area contributed by atoms with Gasteiger partial charge >= 0.3 is 0 Å². The molecular weight excluding hydrogens is 290 g/mol. The third-order valence-electron chi connectivity index (χ3n) is 4.16. The standard InChI is InChI=1S/C16H31N7/c1-4-17-16(19-11-15-20-13-21-22(15)3)18-10-14(2)12-23-8-6-5-7-9-23/h13-14H,4-12H2,1-3H3,(H2,17,18,19). The van der Waals surface area contributed by atoms with Crippen LogP contribution in [0.4, 0.5) is 0 Å². The summed E-state index contributed by atoms with van der Waals surface area (Å²) in [5.41, 5.74) is 0. The highest BCUT2D eigenvalue weighted by atomic mass is 15.3. The van der Waals surface area contributed by atoms with Gasteiger partial charge in [-0.3, -0.25) is 4.68 Å². The molecule has 1 fully saturated rings. The number of aliphatic imine (C=N–C) groups is 1. The Balaban J connectivity index is 1.77. The molecule has 2 heterocycles. The summed E-state index contributed by atoms with van der Waals surface area (Å²) in [5.74, 6) is 2.32. The summed E-state index contributed by atoms with van der Waals surface area (Å²) in [6.45, 7) is 10.4. The third-order valence-corrected chi connectivity index (χ3v) is 4.16. The fourth-order valence-corrected chi connectivity index (χ4v) is 2.87. The van der Waals surface area contributed by atoms with Crippen molar-refractivity contribution in [3.05, 3.63) is 12.2 Å². The molecule has 1 aliphatic rings. The van der Waals surface area contributed by atoms with E-state index in [1.54, 1.807) is 11.0 Å². The molecular formula is C16H31N7. The Morgan fingerprint density at radius 1 is 1.30 bits per heavy atom. The zero-order valence-corrected chi connectivity index (χ0v) is 14.8. The van der Waals surface area contributed by atoms with Crippen LogP contribution >= 0.6 is 0 Å². The number of hydrogen-bond acceptors (Lipinski definition) is 4. The molecule has 0 spiro atoms. The first-order valence-electron chi connectivity index (χ1n) is 8.76. The Labute approximate surface area is 139 Å². The highest BCUT2D eigenvalue weighted by Crippen LogP contribution is 2.10. The van der Waals surface area contributed by atoms with Gasteiger partial charge in [-0.15, -0.1) is 0 Å². The van der Waals surface area contributed by atoms with E-state index in [9.17, 15) is 0 Å². The zero-order valence-electron chi connectivity index (χ0n) is 14.8. The molecule has 7 heteroatoms. The molecule has 0 saturated carbocycles. The number of rotatable bonds is 7. The summed E-state index contributed by atoms with van der Waals surface area (Å²) in [5, 5.41) is 10.8. The summed E-state index contributed by atoms with van der Waals surface area (Å²) in [7, 11) is 1.89. The minimum absolute atomic E-state index is 0.534. The molecule has 0 bridgehead atoms. The van der Waals surface area contributed by atoms with Crippen molar-refractivity contribution in [2.45, 2.75) is 39.7 Å². The van der Waals surface area contributed by atoms with Crippen molar-refractivity contribution in [2.75, 3.05) is 32.7 Å². The Hall–Kier alpha value is -1.63. The van der Waals surface area contributed by atoms with Crippen molar-refractivity contribution in [1.82, 2.24) is 30.3 Å². The number of nitrogens with one attached hydrogen (secondary N) is 2. The summed E-state index contributed by atoms with van der Waals surface area (Å²) in [6.07, 6.45) is 5.65. The highest BCUT2D eigenvalue weighted by molar-refractivity contribution is 5.79. The van der Waals surface area contributed by atoms with Gasteiger partial charge in [-0.05, 0) is 38.8 Å². The van der Waals surface area contributed by atoms with E-state index in [1.807, 2.05) is 7.05 Å². The quantitative estimate of drug-likeness (QED) is 0.579. The van der Waals surface area contributed by atoms with Gasteiger partial charge in [-0.1, -0.05) is 13.3 Å². The number of guanidine groups is 1. The topological polar surface area (TPSA) is 70.4 Å². The molecule has 0 radical (unpaired) electrons. The maximum Gasteiger partial charge on any atom is 0.191 e. The predicted molar refractivity (Wildman–Crippen MR) is 93.3 cm³/mol. The minimum atomic E-state index is 0.534. The zero-order chi connectivity index (χ0) is 16.5. The molecule has 2 N–H and O–H groups in total. The van der Waals surface area contributed by atoms with E-state index in [2.05, 4.69) is 44.5 Å². The smallest absolute Gasteiger partial charge is 0.191 e. The fourth-order valence-electron chi connectivity index (χ4n) is 2.87. The minimum Gasteiger partial charge on any atom is -0.357 e. The summed E-state index contributed by atoms with van der Waals surface area (Å²) in [6, 6.07) is 0.